The molecule has 1 heterocycles. The molecule has 0 saturated heterocycles. The van der Waals surface area contributed by atoms with Crippen molar-refractivity contribution >= 4 is 17.0 Å². The Hall–Kier alpha value is -1.90. The van der Waals surface area contributed by atoms with Crippen molar-refractivity contribution in [1.82, 2.24) is 4.98 Å². The van der Waals surface area contributed by atoms with Crippen LogP contribution in [0.3, 0.4) is 0 Å². The third-order valence-electron chi connectivity index (χ3n) is 3.13. The molecular formula is C16H18FNO. The quantitative estimate of drug-likeness (QED) is 0.737. The van der Waals surface area contributed by atoms with Crippen LogP contribution >= 0.6 is 0 Å². The van der Waals surface area contributed by atoms with E-state index in [9.17, 15) is 4.39 Å². The van der Waals surface area contributed by atoms with Crippen LogP contribution in [0.1, 0.15) is 31.0 Å². The number of aromatic nitrogens is 1. The van der Waals surface area contributed by atoms with E-state index in [0.717, 1.165) is 23.8 Å². The number of unbranched alkanes of at least 4 members (excludes halogenated alkanes) is 1. The molecule has 19 heavy (non-hydrogen) atoms. The lowest BCUT2D eigenvalue weighted by atomic mass is 10.1. The highest BCUT2D eigenvalue weighted by atomic mass is 19.1. The molecule has 0 aliphatic rings. The van der Waals surface area contributed by atoms with E-state index in [0.29, 0.717) is 23.6 Å². The number of nitrogens with zero attached hydrogens (tertiary/aromatic N) is 1. The van der Waals surface area contributed by atoms with Crippen LogP contribution in [-0.2, 0) is 0 Å². The molecule has 2 nitrogen and oxygen atoms in total. The predicted octanol–water partition coefficient (Wildman–Crippen LogP) is 4.50. The van der Waals surface area contributed by atoms with Gasteiger partial charge in [0.1, 0.15) is 17.1 Å². The Kier molecular flexibility index (Phi) is 4.15. The molecule has 0 amide bonds. The molecule has 1 aromatic heterocycles. The molecule has 2 rings (SSSR count). The summed E-state index contributed by atoms with van der Waals surface area (Å²) in [6.45, 7) is 8.39. The van der Waals surface area contributed by atoms with Gasteiger partial charge in [0.2, 0.25) is 0 Å². The molecule has 0 atom stereocenters. The van der Waals surface area contributed by atoms with Gasteiger partial charge in [-0.2, -0.15) is 0 Å². The Bertz CT molecular complexity index is 607. The zero-order valence-corrected chi connectivity index (χ0v) is 11.4. The van der Waals surface area contributed by atoms with Crippen LogP contribution in [0.25, 0.3) is 17.0 Å². The first kappa shape index (κ1) is 13.5. The fraction of sp³-hybridized carbons (Fsp3) is 0.312. The van der Waals surface area contributed by atoms with Crippen molar-refractivity contribution in [2.45, 2.75) is 26.7 Å². The largest absolute Gasteiger partial charge is 0.493 e. The number of hydrogen-bond acceptors (Lipinski definition) is 2. The van der Waals surface area contributed by atoms with Crippen molar-refractivity contribution < 1.29 is 9.13 Å². The Morgan fingerprint density at radius 1 is 1.42 bits per heavy atom. The number of hydrogen-bond donors (Lipinski definition) is 0. The van der Waals surface area contributed by atoms with Crippen LogP contribution in [0.15, 0.2) is 24.8 Å². The molecule has 0 saturated carbocycles. The third kappa shape index (κ3) is 2.60. The van der Waals surface area contributed by atoms with Crippen LogP contribution < -0.4 is 4.74 Å². The first-order valence-electron chi connectivity index (χ1n) is 6.53. The van der Waals surface area contributed by atoms with Gasteiger partial charge in [-0.15, -0.1) is 0 Å². The summed E-state index contributed by atoms with van der Waals surface area (Å²) in [5.74, 6) is 0.383. The van der Waals surface area contributed by atoms with Crippen molar-refractivity contribution in [2.75, 3.05) is 6.61 Å². The van der Waals surface area contributed by atoms with Crippen molar-refractivity contribution in [1.29, 1.82) is 0 Å². The first-order valence-corrected chi connectivity index (χ1v) is 6.53. The second-order valence-electron chi connectivity index (χ2n) is 4.49. The van der Waals surface area contributed by atoms with Gasteiger partial charge in [0.25, 0.3) is 0 Å². The van der Waals surface area contributed by atoms with E-state index < -0.39 is 0 Å². The van der Waals surface area contributed by atoms with Crippen LogP contribution in [0.5, 0.6) is 5.75 Å². The SMILES string of the molecule is C=Cc1nc2c(F)cccc2c(OCCCC)c1C. The lowest BCUT2D eigenvalue weighted by Gasteiger charge is -2.14. The van der Waals surface area contributed by atoms with Gasteiger partial charge in [-0.3, -0.25) is 0 Å². The topological polar surface area (TPSA) is 22.1 Å². The summed E-state index contributed by atoms with van der Waals surface area (Å²) in [5, 5.41) is 0.721. The molecule has 0 radical (unpaired) electrons. The summed E-state index contributed by atoms with van der Waals surface area (Å²) in [5.41, 5.74) is 1.92. The van der Waals surface area contributed by atoms with Gasteiger partial charge in [0, 0.05) is 10.9 Å². The van der Waals surface area contributed by atoms with E-state index in [1.807, 2.05) is 13.0 Å². The monoisotopic (exact) mass is 259 g/mol. The van der Waals surface area contributed by atoms with Gasteiger partial charge < -0.3 is 4.74 Å². The fourth-order valence-electron chi connectivity index (χ4n) is 2.04. The van der Waals surface area contributed by atoms with Gasteiger partial charge in [0.05, 0.1) is 12.3 Å². The van der Waals surface area contributed by atoms with Crippen molar-refractivity contribution in [2.24, 2.45) is 0 Å². The lowest BCUT2D eigenvalue weighted by Crippen LogP contribution is -2.02. The van der Waals surface area contributed by atoms with E-state index in [1.165, 1.54) is 6.07 Å². The minimum absolute atomic E-state index is 0.332. The summed E-state index contributed by atoms with van der Waals surface area (Å²) in [6, 6.07) is 4.93. The highest BCUT2D eigenvalue weighted by molar-refractivity contribution is 5.88. The van der Waals surface area contributed by atoms with Gasteiger partial charge in [-0.05, 0) is 31.6 Å². The minimum Gasteiger partial charge on any atom is -0.493 e. The summed E-state index contributed by atoms with van der Waals surface area (Å²) < 4.78 is 19.7. The van der Waals surface area contributed by atoms with Crippen LogP contribution in [0.2, 0.25) is 0 Å². The maximum absolute atomic E-state index is 13.9. The molecule has 0 aliphatic carbocycles. The number of ether oxygens (including phenoxy) is 1. The standard InChI is InChI=1S/C16H18FNO/c1-4-6-10-19-16-11(3)14(5-2)18-15-12(16)8-7-9-13(15)17/h5,7-9H,2,4,6,10H2,1,3H3. The summed E-state index contributed by atoms with van der Waals surface area (Å²) >= 11 is 0. The zero-order valence-electron chi connectivity index (χ0n) is 11.4. The molecule has 100 valence electrons. The van der Waals surface area contributed by atoms with Gasteiger partial charge in [0.15, 0.2) is 0 Å². The van der Waals surface area contributed by atoms with E-state index >= 15 is 0 Å². The number of fused-ring (bicyclic) bond motifs is 1. The number of para-hydroxylation sites is 1. The number of benzene rings is 1. The molecule has 0 bridgehead atoms. The summed E-state index contributed by atoms with van der Waals surface area (Å²) in [7, 11) is 0. The highest BCUT2D eigenvalue weighted by Gasteiger charge is 2.13. The van der Waals surface area contributed by atoms with Gasteiger partial charge in [-0.25, -0.2) is 9.37 Å². The maximum Gasteiger partial charge on any atom is 0.149 e. The van der Waals surface area contributed by atoms with E-state index in [-0.39, 0.29) is 5.82 Å². The molecule has 1 aromatic carbocycles. The molecule has 0 aliphatic heterocycles. The molecule has 2 aromatic rings. The normalized spacial score (nSPS) is 10.7. The molecule has 0 spiro atoms. The van der Waals surface area contributed by atoms with Gasteiger partial charge in [-0.1, -0.05) is 26.0 Å². The predicted molar refractivity (Wildman–Crippen MR) is 76.9 cm³/mol. The van der Waals surface area contributed by atoms with E-state index in [4.69, 9.17) is 4.74 Å². The minimum atomic E-state index is -0.332. The Morgan fingerprint density at radius 3 is 2.89 bits per heavy atom. The second-order valence-corrected chi connectivity index (χ2v) is 4.49. The number of pyridine rings is 1. The van der Waals surface area contributed by atoms with E-state index in [2.05, 4.69) is 18.5 Å². The molecule has 0 N–H and O–H groups in total. The highest BCUT2D eigenvalue weighted by Crippen LogP contribution is 2.32. The smallest absolute Gasteiger partial charge is 0.149 e. The number of halogens is 1. The molecular weight excluding hydrogens is 241 g/mol. The maximum atomic E-state index is 13.9. The fourth-order valence-corrected chi connectivity index (χ4v) is 2.04. The van der Waals surface area contributed by atoms with Crippen LogP contribution in [0, 0.1) is 12.7 Å². The van der Waals surface area contributed by atoms with Crippen LogP contribution in [-0.4, -0.2) is 11.6 Å². The van der Waals surface area contributed by atoms with E-state index in [1.54, 1.807) is 12.1 Å². The third-order valence-corrected chi connectivity index (χ3v) is 3.13. The second kappa shape index (κ2) is 5.83. The van der Waals surface area contributed by atoms with Gasteiger partial charge >= 0.3 is 0 Å². The molecule has 0 fully saturated rings. The van der Waals surface area contributed by atoms with Crippen molar-refractivity contribution in [3.8, 4) is 5.75 Å². The average Bonchev–Trinajstić information content (AvgIpc) is 2.41. The van der Waals surface area contributed by atoms with Crippen LogP contribution in [0.4, 0.5) is 4.39 Å². The Labute approximate surface area is 112 Å². The summed E-state index contributed by atoms with van der Waals surface area (Å²) in [4.78, 5) is 4.31. The summed E-state index contributed by atoms with van der Waals surface area (Å²) in [6.07, 6.45) is 3.67. The number of rotatable bonds is 5. The first-order chi connectivity index (χ1) is 9.19. The molecule has 3 heteroatoms. The Morgan fingerprint density at radius 2 is 2.21 bits per heavy atom. The van der Waals surface area contributed by atoms with Crippen molar-refractivity contribution in [3.63, 3.8) is 0 Å². The molecule has 0 unspecified atom stereocenters. The Balaban J connectivity index is 2.60. The lowest BCUT2D eigenvalue weighted by molar-refractivity contribution is 0.310. The zero-order chi connectivity index (χ0) is 13.8. The average molecular weight is 259 g/mol. The van der Waals surface area contributed by atoms with Crippen molar-refractivity contribution in [3.05, 3.63) is 41.9 Å².